The van der Waals surface area contributed by atoms with Crippen LogP contribution in [0.5, 0.6) is 0 Å². The second kappa shape index (κ2) is 8.43. The number of nitrogens with zero attached hydrogens (tertiary/aromatic N) is 2. The molecular formula is C18H15Cl2N3OS. The first kappa shape index (κ1) is 17.9. The van der Waals surface area contributed by atoms with Gasteiger partial charge in [0.1, 0.15) is 0 Å². The van der Waals surface area contributed by atoms with E-state index in [-0.39, 0.29) is 11.7 Å². The molecule has 3 rings (SSSR count). The summed E-state index contributed by atoms with van der Waals surface area (Å²) >= 11 is 13.4. The van der Waals surface area contributed by atoms with Crippen LogP contribution in [0.25, 0.3) is 0 Å². The smallest absolute Gasteiger partial charge is 0.234 e. The van der Waals surface area contributed by atoms with Crippen LogP contribution in [0.15, 0.2) is 66.1 Å². The van der Waals surface area contributed by atoms with Crippen LogP contribution < -0.4 is 5.32 Å². The number of imidazole rings is 1. The van der Waals surface area contributed by atoms with Crippen molar-refractivity contribution < 1.29 is 4.79 Å². The third-order valence-electron chi connectivity index (χ3n) is 3.44. The van der Waals surface area contributed by atoms with Crippen LogP contribution in [0.1, 0.15) is 5.56 Å². The summed E-state index contributed by atoms with van der Waals surface area (Å²) in [6.07, 6.45) is 3.60. The molecule has 0 aliphatic rings. The molecule has 0 saturated heterocycles. The maximum Gasteiger partial charge on any atom is 0.234 e. The van der Waals surface area contributed by atoms with E-state index in [9.17, 15) is 4.79 Å². The summed E-state index contributed by atoms with van der Waals surface area (Å²) in [5.41, 5.74) is 1.73. The largest absolute Gasteiger partial charge is 0.325 e. The molecule has 1 amide bonds. The maximum absolute atomic E-state index is 12.1. The standard InChI is InChI=1S/C18H15Cl2N3OS/c19-14-5-7-15(8-6-14)22-17(24)12-25-18-21-9-10-23(18)11-13-3-1-2-4-16(13)20/h1-10H,11-12H2,(H,22,24). The van der Waals surface area contributed by atoms with Crippen molar-refractivity contribution in [3.05, 3.63) is 76.5 Å². The van der Waals surface area contributed by atoms with Gasteiger partial charge in [-0.25, -0.2) is 4.98 Å². The maximum atomic E-state index is 12.1. The minimum atomic E-state index is -0.0976. The molecule has 7 heteroatoms. The highest BCUT2D eigenvalue weighted by Crippen LogP contribution is 2.21. The molecule has 0 unspecified atom stereocenters. The van der Waals surface area contributed by atoms with E-state index < -0.39 is 0 Å². The minimum absolute atomic E-state index is 0.0976. The Bertz CT molecular complexity index is 865. The Morgan fingerprint density at radius 1 is 1.12 bits per heavy atom. The van der Waals surface area contributed by atoms with Crippen molar-refractivity contribution in [1.29, 1.82) is 0 Å². The summed E-state index contributed by atoms with van der Waals surface area (Å²) in [5, 5.41) is 4.95. The van der Waals surface area contributed by atoms with Crippen molar-refractivity contribution in [3.8, 4) is 0 Å². The molecule has 0 spiro atoms. The molecule has 25 heavy (non-hydrogen) atoms. The van der Waals surface area contributed by atoms with E-state index in [1.54, 1.807) is 30.5 Å². The van der Waals surface area contributed by atoms with E-state index >= 15 is 0 Å². The first-order valence-corrected chi connectivity index (χ1v) is 9.29. The molecule has 0 bridgehead atoms. The predicted octanol–water partition coefficient (Wildman–Crippen LogP) is 4.97. The van der Waals surface area contributed by atoms with Crippen LogP contribution in [-0.4, -0.2) is 21.2 Å². The van der Waals surface area contributed by atoms with E-state index in [1.807, 2.05) is 35.0 Å². The van der Waals surface area contributed by atoms with E-state index in [0.717, 1.165) is 16.4 Å². The Hall–Kier alpha value is -1.95. The highest BCUT2D eigenvalue weighted by Gasteiger charge is 2.09. The molecule has 0 radical (unpaired) electrons. The third-order valence-corrected chi connectivity index (χ3v) is 5.06. The second-order valence-electron chi connectivity index (χ2n) is 5.27. The number of nitrogens with one attached hydrogen (secondary N) is 1. The van der Waals surface area contributed by atoms with E-state index in [4.69, 9.17) is 23.2 Å². The molecule has 1 heterocycles. The number of hydrogen-bond acceptors (Lipinski definition) is 3. The quantitative estimate of drug-likeness (QED) is 0.603. The van der Waals surface area contributed by atoms with E-state index in [1.165, 1.54) is 11.8 Å². The van der Waals surface area contributed by atoms with Crippen molar-refractivity contribution in [1.82, 2.24) is 9.55 Å². The molecule has 2 aromatic carbocycles. The van der Waals surface area contributed by atoms with Crippen LogP contribution in [-0.2, 0) is 11.3 Å². The molecule has 0 atom stereocenters. The summed E-state index contributed by atoms with van der Waals surface area (Å²) in [6, 6.07) is 14.7. The molecule has 0 saturated carbocycles. The van der Waals surface area contributed by atoms with Gasteiger partial charge in [-0.05, 0) is 35.9 Å². The van der Waals surface area contributed by atoms with Gasteiger partial charge in [0.25, 0.3) is 0 Å². The Labute approximate surface area is 160 Å². The third kappa shape index (κ3) is 5.01. The molecular weight excluding hydrogens is 377 g/mol. The van der Waals surface area contributed by atoms with Gasteiger partial charge in [-0.3, -0.25) is 4.79 Å². The average molecular weight is 392 g/mol. The monoisotopic (exact) mass is 391 g/mol. The van der Waals surface area contributed by atoms with E-state index in [0.29, 0.717) is 16.6 Å². The SMILES string of the molecule is O=C(CSc1nccn1Cc1ccccc1Cl)Nc1ccc(Cl)cc1. The highest BCUT2D eigenvalue weighted by molar-refractivity contribution is 7.99. The number of aromatic nitrogens is 2. The topological polar surface area (TPSA) is 46.9 Å². The van der Waals surface area contributed by atoms with Gasteiger partial charge in [0, 0.05) is 28.1 Å². The predicted molar refractivity (Wildman–Crippen MR) is 104 cm³/mol. The van der Waals surface area contributed by atoms with Crippen molar-refractivity contribution in [2.45, 2.75) is 11.7 Å². The van der Waals surface area contributed by atoms with Crippen LogP contribution in [0, 0.1) is 0 Å². The van der Waals surface area contributed by atoms with Gasteiger partial charge >= 0.3 is 0 Å². The Balaban J connectivity index is 1.59. The van der Waals surface area contributed by atoms with Crippen LogP contribution >= 0.6 is 35.0 Å². The molecule has 4 nitrogen and oxygen atoms in total. The van der Waals surface area contributed by atoms with Crippen LogP contribution in [0.3, 0.4) is 0 Å². The first-order chi connectivity index (χ1) is 12.1. The number of benzene rings is 2. The highest BCUT2D eigenvalue weighted by atomic mass is 35.5. The van der Waals surface area contributed by atoms with E-state index in [2.05, 4.69) is 10.3 Å². The number of hydrogen-bond donors (Lipinski definition) is 1. The minimum Gasteiger partial charge on any atom is -0.325 e. The summed E-state index contributed by atoms with van der Waals surface area (Å²) in [6.45, 7) is 0.612. The zero-order valence-corrected chi connectivity index (χ0v) is 15.5. The fourth-order valence-electron chi connectivity index (χ4n) is 2.23. The van der Waals surface area contributed by atoms with Gasteiger partial charge in [-0.15, -0.1) is 0 Å². The van der Waals surface area contributed by atoms with Crippen molar-refractivity contribution in [2.75, 3.05) is 11.1 Å². The van der Waals surface area contributed by atoms with Gasteiger partial charge in [0.05, 0.1) is 12.3 Å². The number of anilines is 1. The lowest BCUT2D eigenvalue weighted by Crippen LogP contribution is -2.14. The summed E-state index contributed by atoms with van der Waals surface area (Å²) < 4.78 is 1.97. The normalized spacial score (nSPS) is 10.6. The summed E-state index contributed by atoms with van der Waals surface area (Å²) in [4.78, 5) is 16.4. The number of carbonyl (C=O) groups is 1. The summed E-state index contributed by atoms with van der Waals surface area (Å²) in [7, 11) is 0. The average Bonchev–Trinajstić information content (AvgIpc) is 3.04. The lowest BCUT2D eigenvalue weighted by atomic mass is 10.2. The van der Waals surface area contributed by atoms with Gasteiger partial charge in [-0.2, -0.15) is 0 Å². The Kier molecular flexibility index (Phi) is 6.02. The van der Waals surface area contributed by atoms with Gasteiger partial charge in [0.15, 0.2) is 5.16 Å². The van der Waals surface area contributed by atoms with Crippen molar-refractivity contribution in [3.63, 3.8) is 0 Å². The number of thioether (sulfide) groups is 1. The molecule has 1 aromatic heterocycles. The molecule has 128 valence electrons. The number of carbonyl (C=O) groups excluding carboxylic acids is 1. The summed E-state index contributed by atoms with van der Waals surface area (Å²) in [5.74, 6) is 0.168. The number of halogens is 2. The zero-order chi connectivity index (χ0) is 17.6. The first-order valence-electron chi connectivity index (χ1n) is 7.54. The zero-order valence-electron chi connectivity index (χ0n) is 13.2. The van der Waals surface area contributed by atoms with Crippen molar-refractivity contribution in [2.24, 2.45) is 0 Å². The molecule has 3 aromatic rings. The van der Waals surface area contributed by atoms with Gasteiger partial charge < -0.3 is 9.88 Å². The molecule has 1 N–H and O–H groups in total. The fraction of sp³-hybridized carbons (Fsp3) is 0.111. The Morgan fingerprint density at radius 2 is 1.88 bits per heavy atom. The van der Waals surface area contributed by atoms with Gasteiger partial charge in [0.2, 0.25) is 5.91 Å². The lowest BCUT2D eigenvalue weighted by molar-refractivity contribution is -0.113. The van der Waals surface area contributed by atoms with Crippen molar-refractivity contribution >= 4 is 46.6 Å². The van der Waals surface area contributed by atoms with Crippen LogP contribution in [0.2, 0.25) is 10.0 Å². The Morgan fingerprint density at radius 3 is 2.64 bits per heavy atom. The molecule has 0 aliphatic carbocycles. The molecule has 0 aliphatic heterocycles. The van der Waals surface area contributed by atoms with Gasteiger partial charge in [-0.1, -0.05) is 53.2 Å². The lowest BCUT2D eigenvalue weighted by Gasteiger charge is -2.09. The fourth-order valence-corrected chi connectivity index (χ4v) is 3.31. The molecule has 0 fully saturated rings. The number of amides is 1. The second-order valence-corrected chi connectivity index (χ2v) is 7.06. The number of rotatable bonds is 6. The van der Waals surface area contributed by atoms with Crippen LogP contribution in [0.4, 0.5) is 5.69 Å².